The summed E-state index contributed by atoms with van der Waals surface area (Å²) in [5.74, 6) is 1.60. The fraction of sp³-hybridized carbons (Fsp3) is 0.273. The number of aromatic nitrogens is 3. The number of hydrogen-bond acceptors (Lipinski definition) is 3. The molecule has 0 bridgehead atoms. The number of rotatable bonds is 4. The zero-order valence-electron chi connectivity index (χ0n) is 9.08. The first-order valence-corrected chi connectivity index (χ1v) is 6.40. The fourth-order valence-electron chi connectivity index (χ4n) is 1.50. The van der Waals surface area contributed by atoms with Gasteiger partial charge in [-0.3, -0.25) is 5.10 Å². The summed E-state index contributed by atoms with van der Waals surface area (Å²) in [5, 5.41) is 7.70. The largest absolute Gasteiger partial charge is 0.330 e. The van der Waals surface area contributed by atoms with E-state index in [1.165, 1.54) is 0 Å². The summed E-state index contributed by atoms with van der Waals surface area (Å²) in [6.45, 7) is 0.559. The molecule has 0 aliphatic carbocycles. The molecular formula is C11H12BrClN4. The maximum Gasteiger partial charge on any atom is 0.151 e. The van der Waals surface area contributed by atoms with Crippen LogP contribution in [0.4, 0.5) is 0 Å². The molecule has 0 amide bonds. The van der Waals surface area contributed by atoms with E-state index in [0.717, 1.165) is 21.7 Å². The molecule has 3 N–H and O–H groups in total. The highest BCUT2D eigenvalue weighted by Crippen LogP contribution is 2.23. The number of halogens is 2. The van der Waals surface area contributed by atoms with Crippen LogP contribution in [0.5, 0.6) is 0 Å². The van der Waals surface area contributed by atoms with Crippen molar-refractivity contribution in [2.75, 3.05) is 6.54 Å². The molecule has 0 spiro atoms. The van der Waals surface area contributed by atoms with Crippen LogP contribution in [0.25, 0.3) is 0 Å². The molecule has 0 unspecified atom stereocenters. The Morgan fingerprint density at radius 1 is 1.41 bits per heavy atom. The molecule has 0 radical (unpaired) electrons. The van der Waals surface area contributed by atoms with Crippen molar-refractivity contribution >= 4 is 27.5 Å². The van der Waals surface area contributed by atoms with E-state index >= 15 is 0 Å². The fourth-order valence-corrected chi connectivity index (χ4v) is 2.04. The first kappa shape index (κ1) is 12.5. The van der Waals surface area contributed by atoms with Gasteiger partial charge in [0, 0.05) is 17.3 Å². The molecule has 0 saturated carbocycles. The van der Waals surface area contributed by atoms with Gasteiger partial charge in [0.05, 0.1) is 5.02 Å². The number of hydrogen-bond donors (Lipinski definition) is 2. The Balaban J connectivity index is 2.11. The van der Waals surface area contributed by atoms with E-state index in [0.29, 0.717) is 24.4 Å². The SMILES string of the molecule is NCCc1n[nH]c(Cc2ccc(Cl)c(Br)c2)n1. The van der Waals surface area contributed by atoms with E-state index < -0.39 is 0 Å². The topological polar surface area (TPSA) is 67.6 Å². The highest BCUT2D eigenvalue weighted by molar-refractivity contribution is 9.10. The Labute approximate surface area is 113 Å². The summed E-state index contributed by atoms with van der Waals surface area (Å²) in [6, 6.07) is 5.81. The van der Waals surface area contributed by atoms with Crippen LogP contribution >= 0.6 is 27.5 Å². The zero-order valence-corrected chi connectivity index (χ0v) is 11.4. The summed E-state index contributed by atoms with van der Waals surface area (Å²) >= 11 is 9.33. The third-order valence-corrected chi connectivity index (χ3v) is 3.52. The van der Waals surface area contributed by atoms with E-state index in [2.05, 4.69) is 31.1 Å². The molecule has 0 fully saturated rings. The van der Waals surface area contributed by atoms with Gasteiger partial charge in [-0.2, -0.15) is 5.10 Å². The number of nitrogens with one attached hydrogen (secondary N) is 1. The van der Waals surface area contributed by atoms with E-state index in [9.17, 15) is 0 Å². The van der Waals surface area contributed by atoms with Crippen LogP contribution in [0.1, 0.15) is 17.2 Å². The Hall–Kier alpha value is -0.910. The Kier molecular flexibility index (Phi) is 4.15. The van der Waals surface area contributed by atoms with Gasteiger partial charge >= 0.3 is 0 Å². The summed E-state index contributed by atoms with van der Waals surface area (Å²) in [6.07, 6.45) is 1.40. The second-order valence-electron chi connectivity index (χ2n) is 3.66. The van der Waals surface area contributed by atoms with Crippen LogP contribution in [0.3, 0.4) is 0 Å². The van der Waals surface area contributed by atoms with Gasteiger partial charge in [-0.05, 0) is 40.2 Å². The normalized spacial score (nSPS) is 10.8. The minimum Gasteiger partial charge on any atom is -0.330 e. The lowest BCUT2D eigenvalue weighted by molar-refractivity contribution is 0.874. The summed E-state index contributed by atoms with van der Waals surface area (Å²) in [5.41, 5.74) is 6.57. The molecule has 0 aliphatic heterocycles. The monoisotopic (exact) mass is 314 g/mol. The second kappa shape index (κ2) is 5.62. The Morgan fingerprint density at radius 2 is 2.24 bits per heavy atom. The molecule has 0 aliphatic rings. The number of aromatic amines is 1. The molecule has 2 rings (SSSR count). The third kappa shape index (κ3) is 3.28. The lowest BCUT2D eigenvalue weighted by Gasteiger charge is -2.00. The standard InChI is InChI=1S/C11H12BrClN4/c12-8-5-7(1-2-9(8)13)6-11-15-10(3-4-14)16-17-11/h1-2,5H,3-4,6,14H2,(H,15,16,17). The van der Waals surface area contributed by atoms with Crippen molar-refractivity contribution in [3.8, 4) is 0 Å². The highest BCUT2D eigenvalue weighted by atomic mass is 79.9. The minimum absolute atomic E-state index is 0.559. The van der Waals surface area contributed by atoms with Crippen LogP contribution < -0.4 is 5.73 Å². The molecule has 2 aromatic rings. The van der Waals surface area contributed by atoms with E-state index in [1.54, 1.807) is 0 Å². The Bertz CT molecular complexity index is 512. The molecule has 90 valence electrons. The van der Waals surface area contributed by atoms with Crippen LogP contribution in [-0.2, 0) is 12.8 Å². The van der Waals surface area contributed by atoms with Gasteiger partial charge < -0.3 is 5.73 Å². The van der Waals surface area contributed by atoms with Crippen LogP contribution in [0.2, 0.25) is 5.02 Å². The minimum atomic E-state index is 0.559. The van der Waals surface area contributed by atoms with Crippen molar-refractivity contribution in [1.82, 2.24) is 15.2 Å². The maximum atomic E-state index is 5.93. The van der Waals surface area contributed by atoms with Crippen LogP contribution in [0.15, 0.2) is 22.7 Å². The molecular weight excluding hydrogens is 304 g/mol. The molecule has 1 aromatic carbocycles. The van der Waals surface area contributed by atoms with Crippen molar-refractivity contribution in [3.63, 3.8) is 0 Å². The third-order valence-electron chi connectivity index (χ3n) is 2.30. The number of benzene rings is 1. The summed E-state index contributed by atoms with van der Waals surface area (Å²) in [4.78, 5) is 4.35. The van der Waals surface area contributed by atoms with Crippen molar-refractivity contribution in [2.45, 2.75) is 12.8 Å². The van der Waals surface area contributed by atoms with E-state index in [-0.39, 0.29) is 0 Å². The van der Waals surface area contributed by atoms with Crippen molar-refractivity contribution in [1.29, 1.82) is 0 Å². The van der Waals surface area contributed by atoms with Gasteiger partial charge in [-0.15, -0.1) is 0 Å². The maximum absolute atomic E-state index is 5.93. The van der Waals surface area contributed by atoms with Gasteiger partial charge in [0.2, 0.25) is 0 Å². The van der Waals surface area contributed by atoms with Gasteiger partial charge in [0.1, 0.15) is 5.82 Å². The molecule has 1 heterocycles. The number of nitrogens with two attached hydrogens (primary N) is 1. The molecule has 17 heavy (non-hydrogen) atoms. The molecule has 6 heteroatoms. The van der Waals surface area contributed by atoms with Gasteiger partial charge in [0.25, 0.3) is 0 Å². The zero-order chi connectivity index (χ0) is 12.3. The van der Waals surface area contributed by atoms with Gasteiger partial charge in [-0.25, -0.2) is 4.98 Å². The van der Waals surface area contributed by atoms with E-state index in [4.69, 9.17) is 17.3 Å². The first-order chi connectivity index (χ1) is 8.19. The highest BCUT2D eigenvalue weighted by Gasteiger charge is 2.05. The van der Waals surface area contributed by atoms with Crippen LogP contribution in [0, 0.1) is 0 Å². The van der Waals surface area contributed by atoms with Crippen molar-refractivity contribution < 1.29 is 0 Å². The summed E-state index contributed by atoms with van der Waals surface area (Å²) < 4.78 is 0.887. The average molecular weight is 316 g/mol. The van der Waals surface area contributed by atoms with Crippen LogP contribution in [-0.4, -0.2) is 21.7 Å². The summed E-state index contributed by atoms with van der Waals surface area (Å²) in [7, 11) is 0. The molecule has 0 atom stereocenters. The average Bonchev–Trinajstić information content (AvgIpc) is 2.72. The molecule has 4 nitrogen and oxygen atoms in total. The number of H-pyrrole nitrogens is 1. The van der Waals surface area contributed by atoms with E-state index in [1.807, 2.05) is 18.2 Å². The van der Waals surface area contributed by atoms with Crippen molar-refractivity contribution in [3.05, 3.63) is 44.9 Å². The predicted octanol–water partition coefficient (Wildman–Crippen LogP) is 2.31. The Morgan fingerprint density at radius 3 is 2.94 bits per heavy atom. The van der Waals surface area contributed by atoms with Crippen molar-refractivity contribution in [2.24, 2.45) is 5.73 Å². The first-order valence-electron chi connectivity index (χ1n) is 5.23. The predicted molar refractivity (Wildman–Crippen MR) is 71.1 cm³/mol. The number of nitrogens with zero attached hydrogens (tertiary/aromatic N) is 2. The van der Waals surface area contributed by atoms with Gasteiger partial charge in [-0.1, -0.05) is 17.7 Å². The molecule has 1 aromatic heterocycles. The quantitative estimate of drug-likeness (QED) is 0.910. The lowest BCUT2D eigenvalue weighted by Crippen LogP contribution is -2.04. The smallest absolute Gasteiger partial charge is 0.151 e. The van der Waals surface area contributed by atoms with Gasteiger partial charge in [0.15, 0.2) is 5.82 Å². The second-order valence-corrected chi connectivity index (χ2v) is 4.92. The lowest BCUT2D eigenvalue weighted by atomic mass is 10.1. The molecule has 0 saturated heterocycles.